The van der Waals surface area contributed by atoms with Gasteiger partial charge in [-0.15, -0.1) is 0 Å². The Kier molecular flexibility index (Phi) is 4.90. The highest BCUT2D eigenvalue weighted by Crippen LogP contribution is 2.17. The second-order valence-corrected chi connectivity index (χ2v) is 6.85. The average molecular weight is 270 g/mol. The van der Waals surface area contributed by atoms with E-state index in [0.717, 1.165) is 5.56 Å². The van der Waals surface area contributed by atoms with Gasteiger partial charge in [0.25, 0.3) is 0 Å². The van der Waals surface area contributed by atoms with Crippen molar-refractivity contribution >= 4 is 10.0 Å². The van der Waals surface area contributed by atoms with Gasteiger partial charge in [-0.1, -0.05) is 44.2 Å². The van der Waals surface area contributed by atoms with Crippen molar-refractivity contribution in [1.82, 2.24) is 4.72 Å². The lowest BCUT2D eigenvalue weighted by atomic mass is 9.90. The average Bonchev–Trinajstić information content (AvgIpc) is 2.28. The quantitative estimate of drug-likeness (QED) is 0.822. The van der Waals surface area contributed by atoms with Crippen LogP contribution in [-0.2, 0) is 15.8 Å². The summed E-state index contributed by atoms with van der Waals surface area (Å²) in [5.74, 6) is 0.115. The van der Waals surface area contributed by atoms with Gasteiger partial charge in [0, 0.05) is 12.1 Å². The Morgan fingerprint density at radius 2 is 1.83 bits per heavy atom. The van der Waals surface area contributed by atoms with Crippen molar-refractivity contribution in [2.24, 2.45) is 11.7 Å². The molecule has 5 heteroatoms. The minimum atomic E-state index is -3.38. The Bertz CT molecular complexity index is 471. The van der Waals surface area contributed by atoms with E-state index in [4.69, 9.17) is 5.73 Å². The van der Waals surface area contributed by atoms with Gasteiger partial charge in [-0.05, 0) is 18.4 Å². The van der Waals surface area contributed by atoms with E-state index in [9.17, 15) is 8.42 Å². The Morgan fingerprint density at radius 3 is 2.28 bits per heavy atom. The molecule has 0 bridgehead atoms. The molecule has 3 N–H and O–H groups in total. The number of sulfonamides is 1. The monoisotopic (exact) mass is 270 g/mol. The maximum Gasteiger partial charge on any atom is 0.216 e. The number of nitrogens with two attached hydrogens (primary N) is 1. The Morgan fingerprint density at radius 1 is 1.28 bits per heavy atom. The van der Waals surface area contributed by atoms with Crippen molar-refractivity contribution in [3.63, 3.8) is 0 Å². The van der Waals surface area contributed by atoms with Crippen LogP contribution in [0.25, 0.3) is 0 Å². The van der Waals surface area contributed by atoms with E-state index in [-0.39, 0.29) is 18.2 Å². The summed E-state index contributed by atoms with van der Waals surface area (Å²) in [6.07, 6.45) is 0. The number of hydrogen-bond donors (Lipinski definition) is 2. The molecular formula is C13H22N2O2S. The molecule has 1 aromatic carbocycles. The first kappa shape index (κ1) is 15.1. The molecule has 0 radical (unpaired) electrons. The molecule has 0 fully saturated rings. The van der Waals surface area contributed by atoms with Crippen LogP contribution in [0.15, 0.2) is 30.3 Å². The summed E-state index contributed by atoms with van der Waals surface area (Å²) >= 11 is 0. The van der Waals surface area contributed by atoms with Crippen molar-refractivity contribution in [1.29, 1.82) is 0 Å². The maximum atomic E-state index is 12.1. The third-order valence-electron chi connectivity index (χ3n) is 3.29. The summed E-state index contributed by atoms with van der Waals surface area (Å²) in [4.78, 5) is 0. The van der Waals surface area contributed by atoms with E-state index >= 15 is 0 Å². The van der Waals surface area contributed by atoms with Crippen molar-refractivity contribution in [2.75, 3.05) is 6.54 Å². The Balaban J connectivity index is 2.83. The van der Waals surface area contributed by atoms with E-state index in [1.165, 1.54) is 0 Å². The lowest BCUT2D eigenvalue weighted by Gasteiger charge is -2.33. The normalized spacial score (nSPS) is 15.6. The lowest BCUT2D eigenvalue weighted by molar-refractivity contribution is 0.314. The SMILES string of the molecule is CC(C)C(C)(CN)NS(=O)(=O)Cc1ccccc1. The zero-order valence-corrected chi connectivity index (χ0v) is 12.0. The smallest absolute Gasteiger partial charge is 0.216 e. The van der Waals surface area contributed by atoms with Crippen molar-refractivity contribution in [3.8, 4) is 0 Å². The molecule has 4 nitrogen and oxygen atoms in total. The molecule has 18 heavy (non-hydrogen) atoms. The largest absolute Gasteiger partial charge is 0.329 e. The first-order valence-corrected chi connectivity index (χ1v) is 7.70. The second kappa shape index (κ2) is 5.82. The van der Waals surface area contributed by atoms with Crippen LogP contribution in [0.1, 0.15) is 26.3 Å². The van der Waals surface area contributed by atoms with Crippen LogP contribution < -0.4 is 10.5 Å². The summed E-state index contributed by atoms with van der Waals surface area (Å²) in [6, 6.07) is 9.12. The zero-order chi connectivity index (χ0) is 13.8. The van der Waals surface area contributed by atoms with Crippen LogP contribution in [0.5, 0.6) is 0 Å². The molecule has 0 spiro atoms. The number of rotatable bonds is 6. The molecule has 1 aromatic rings. The fourth-order valence-electron chi connectivity index (χ4n) is 1.58. The first-order valence-electron chi connectivity index (χ1n) is 6.05. The van der Waals surface area contributed by atoms with Gasteiger partial charge in [0.15, 0.2) is 0 Å². The minimum absolute atomic E-state index is 0.0177. The van der Waals surface area contributed by atoms with Gasteiger partial charge in [-0.25, -0.2) is 13.1 Å². The Labute approximate surface area is 110 Å². The highest BCUT2D eigenvalue weighted by molar-refractivity contribution is 7.88. The molecule has 0 saturated heterocycles. The van der Waals surface area contributed by atoms with Gasteiger partial charge in [0.05, 0.1) is 5.75 Å². The maximum absolute atomic E-state index is 12.1. The van der Waals surface area contributed by atoms with Gasteiger partial charge in [-0.3, -0.25) is 0 Å². The van der Waals surface area contributed by atoms with Gasteiger partial charge in [-0.2, -0.15) is 0 Å². The fourth-order valence-corrected chi connectivity index (χ4v) is 3.31. The highest BCUT2D eigenvalue weighted by Gasteiger charge is 2.31. The molecule has 0 aliphatic carbocycles. The van der Waals surface area contributed by atoms with Crippen LogP contribution >= 0.6 is 0 Å². The topological polar surface area (TPSA) is 72.2 Å². The number of nitrogens with one attached hydrogen (secondary N) is 1. The van der Waals surface area contributed by atoms with E-state index in [1.54, 1.807) is 12.1 Å². The fraction of sp³-hybridized carbons (Fsp3) is 0.538. The van der Waals surface area contributed by atoms with Crippen molar-refractivity contribution in [2.45, 2.75) is 32.1 Å². The molecule has 102 valence electrons. The molecule has 0 saturated carbocycles. The van der Waals surface area contributed by atoms with Crippen LogP contribution in [0.3, 0.4) is 0 Å². The van der Waals surface area contributed by atoms with Crippen LogP contribution in [0, 0.1) is 5.92 Å². The van der Waals surface area contributed by atoms with Gasteiger partial charge in [0.1, 0.15) is 0 Å². The summed E-state index contributed by atoms with van der Waals surface area (Å²) in [6.45, 7) is 6.02. The molecule has 0 amide bonds. The van der Waals surface area contributed by atoms with Crippen LogP contribution in [0.4, 0.5) is 0 Å². The standard InChI is InChI=1S/C13H22N2O2S/c1-11(2)13(3,10-14)15-18(16,17)9-12-7-5-4-6-8-12/h4-8,11,15H,9-10,14H2,1-3H3. The summed E-state index contributed by atoms with van der Waals surface area (Å²) in [5, 5.41) is 0. The third kappa shape index (κ3) is 4.08. The summed E-state index contributed by atoms with van der Waals surface area (Å²) in [7, 11) is -3.38. The van der Waals surface area contributed by atoms with Crippen molar-refractivity contribution in [3.05, 3.63) is 35.9 Å². The van der Waals surface area contributed by atoms with Crippen molar-refractivity contribution < 1.29 is 8.42 Å². The number of hydrogen-bond acceptors (Lipinski definition) is 3. The molecule has 0 aliphatic rings. The highest BCUT2D eigenvalue weighted by atomic mass is 32.2. The minimum Gasteiger partial charge on any atom is -0.329 e. The third-order valence-corrected chi connectivity index (χ3v) is 4.78. The number of benzene rings is 1. The predicted molar refractivity (Wildman–Crippen MR) is 74.5 cm³/mol. The van der Waals surface area contributed by atoms with Crippen LogP contribution in [-0.4, -0.2) is 20.5 Å². The van der Waals surface area contributed by atoms with E-state index in [0.29, 0.717) is 0 Å². The first-order chi connectivity index (χ1) is 8.29. The molecule has 1 rings (SSSR count). The summed E-state index contributed by atoms with van der Waals surface area (Å²) < 4.78 is 26.9. The molecule has 0 aliphatic heterocycles. The Hall–Kier alpha value is -0.910. The zero-order valence-electron chi connectivity index (χ0n) is 11.2. The van der Waals surface area contributed by atoms with Gasteiger partial charge < -0.3 is 5.73 Å². The molecular weight excluding hydrogens is 248 g/mol. The van der Waals surface area contributed by atoms with Crippen LogP contribution in [0.2, 0.25) is 0 Å². The molecule has 1 atom stereocenters. The predicted octanol–water partition coefficient (Wildman–Crippen LogP) is 1.48. The molecule has 1 unspecified atom stereocenters. The van der Waals surface area contributed by atoms with E-state index < -0.39 is 15.6 Å². The lowest BCUT2D eigenvalue weighted by Crippen LogP contribution is -2.55. The second-order valence-electron chi connectivity index (χ2n) is 5.12. The van der Waals surface area contributed by atoms with Gasteiger partial charge >= 0.3 is 0 Å². The summed E-state index contributed by atoms with van der Waals surface area (Å²) in [5.41, 5.74) is 5.85. The molecule has 0 aromatic heterocycles. The molecule has 0 heterocycles. The van der Waals surface area contributed by atoms with E-state index in [2.05, 4.69) is 4.72 Å². The van der Waals surface area contributed by atoms with Gasteiger partial charge in [0.2, 0.25) is 10.0 Å². The van der Waals surface area contributed by atoms with E-state index in [1.807, 2.05) is 39.0 Å².